The number of primary amides is 1. The van der Waals surface area contributed by atoms with Crippen molar-refractivity contribution in [2.75, 3.05) is 13.1 Å². The standard InChI is InChI=1S/C22H27N5OS/c1-15(2)19-11-24-20(29-19)14-26-10-6-7-16(12-26)21-18(22(23)28)13-27(25-21)17-8-4-3-5-9-17/h3-5,8-9,11,13,15-16H,6-7,10,12,14H2,1-2H3,(H2,23,28). The second kappa shape index (κ2) is 8.47. The summed E-state index contributed by atoms with van der Waals surface area (Å²) in [5, 5.41) is 5.92. The quantitative estimate of drug-likeness (QED) is 0.669. The topological polar surface area (TPSA) is 77.0 Å². The number of rotatable bonds is 6. The minimum Gasteiger partial charge on any atom is -0.365 e. The van der Waals surface area contributed by atoms with Crippen LogP contribution in [0.3, 0.4) is 0 Å². The molecule has 0 radical (unpaired) electrons. The molecule has 1 aliphatic heterocycles. The Kier molecular flexibility index (Phi) is 5.78. The number of hydrogen-bond acceptors (Lipinski definition) is 5. The molecule has 0 spiro atoms. The highest BCUT2D eigenvalue weighted by Gasteiger charge is 2.28. The largest absolute Gasteiger partial charge is 0.365 e. The molecule has 3 heterocycles. The van der Waals surface area contributed by atoms with Gasteiger partial charge >= 0.3 is 0 Å². The normalized spacial score (nSPS) is 17.7. The summed E-state index contributed by atoms with van der Waals surface area (Å²) in [6.45, 7) is 7.14. The lowest BCUT2D eigenvalue weighted by Crippen LogP contribution is -2.34. The molecular formula is C22H27N5OS. The van der Waals surface area contributed by atoms with Gasteiger partial charge in [-0.15, -0.1) is 11.3 Å². The average molecular weight is 410 g/mol. The van der Waals surface area contributed by atoms with E-state index in [2.05, 4.69) is 23.7 Å². The van der Waals surface area contributed by atoms with E-state index in [1.807, 2.05) is 36.5 Å². The number of carbonyl (C=O) groups excluding carboxylic acids is 1. The molecule has 4 rings (SSSR count). The molecule has 29 heavy (non-hydrogen) atoms. The molecule has 2 N–H and O–H groups in total. The minimum atomic E-state index is -0.416. The van der Waals surface area contributed by atoms with Crippen LogP contribution >= 0.6 is 11.3 Å². The van der Waals surface area contributed by atoms with Gasteiger partial charge in [0.25, 0.3) is 5.91 Å². The van der Waals surface area contributed by atoms with E-state index in [0.29, 0.717) is 11.5 Å². The molecule has 1 saturated heterocycles. The lowest BCUT2D eigenvalue weighted by atomic mass is 9.92. The van der Waals surface area contributed by atoms with Crippen molar-refractivity contribution >= 4 is 17.2 Å². The first-order chi connectivity index (χ1) is 14.0. The van der Waals surface area contributed by atoms with Gasteiger partial charge in [0, 0.05) is 29.7 Å². The average Bonchev–Trinajstić information content (AvgIpc) is 3.36. The van der Waals surface area contributed by atoms with Crippen LogP contribution < -0.4 is 5.73 Å². The van der Waals surface area contributed by atoms with E-state index < -0.39 is 5.91 Å². The fraction of sp³-hybridized carbons (Fsp3) is 0.409. The summed E-state index contributed by atoms with van der Waals surface area (Å²) < 4.78 is 1.77. The van der Waals surface area contributed by atoms with Crippen molar-refractivity contribution < 1.29 is 4.79 Å². The van der Waals surface area contributed by atoms with E-state index in [9.17, 15) is 4.79 Å². The number of para-hydroxylation sites is 1. The minimum absolute atomic E-state index is 0.195. The van der Waals surface area contributed by atoms with Crippen LogP contribution in [0.2, 0.25) is 0 Å². The lowest BCUT2D eigenvalue weighted by molar-refractivity contribution is 0.0997. The molecule has 6 nitrogen and oxygen atoms in total. The number of nitrogens with two attached hydrogens (primary N) is 1. The fourth-order valence-electron chi connectivity index (χ4n) is 3.87. The highest BCUT2D eigenvalue weighted by atomic mass is 32.1. The van der Waals surface area contributed by atoms with Crippen molar-refractivity contribution in [3.63, 3.8) is 0 Å². The van der Waals surface area contributed by atoms with Crippen LogP contribution in [-0.2, 0) is 6.54 Å². The number of likely N-dealkylation sites (tertiary alicyclic amines) is 1. The SMILES string of the molecule is CC(C)c1cnc(CN2CCCC(c3nn(-c4ccccc4)cc3C(N)=O)C2)s1. The van der Waals surface area contributed by atoms with Crippen molar-refractivity contribution in [1.82, 2.24) is 19.7 Å². The number of benzene rings is 1. The molecule has 152 valence electrons. The number of aromatic nitrogens is 3. The molecule has 1 unspecified atom stereocenters. The number of piperidine rings is 1. The van der Waals surface area contributed by atoms with E-state index >= 15 is 0 Å². The van der Waals surface area contributed by atoms with Crippen LogP contribution in [-0.4, -0.2) is 38.7 Å². The van der Waals surface area contributed by atoms with E-state index in [4.69, 9.17) is 10.8 Å². The lowest BCUT2D eigenvalue weighted by Gasteiger charge is -2.31. The summed E-state index contributed by atoms with van der Waals surface area (Å²) in [5.41, 5.74) is 7.95. The molecular weight excluding hydrogens is 382 g/mol. The van der Waals surface area contributed by atoms with Crippen LogP contribution in [0.5, 0.6) is 0 Å². The van der Waals surface area contributed by atoms with Crippen LogP contribution in [0.15, 0.2) is 42.7 Å². The van der Waals surface area contributed by atoms with E-state index in [1.165, 1.54) is 4.88 Å². The summed E-state index contributed by atoms with van der Waals surface area (Å²) in [6.07, 6.45) is 5.85. The summed E-state index contributed by atoms with van der Waals surface area (Å²) in [5.74, 6) is 0.289. The highest BCUT2D eigenvalue weighted by Crippen LogP contribution is 2.31. The Morgan fingerprint density at radius 1 is 1.31 bits per heavy atom. The van der Waals surface area contributed by atoms with Gasteiger partial charge in [0.1, 0.15) is 5.01 Å². The van der Waals surface area contributed by atoms with E-state index in [-0.39, 0.29) is 5.92 Å². The number of thiazole rings is 1. The molecule has 1 atom stereocenters. The van der Waals surface area contributed by atoms with Gasteiger partial charge in [-0.25, -0.2) is 9.67 Å². The molecule has 1 aromatic carbocycles. The van der Waals surface area contributed by atoms with Gasteiger partial charge in [-0.3, -0.25) is 9.69 Å². The maximum Gasteiger partial charge on any atom is 0.252 e. The van der Waals surface area contributed by atoms with Gasteiger partial charge < -0.3 is 5.73 Å². The Balaban J connectivity index is 1.54. The van der Waals surface area contributed by atoms with Gasteiger partial charge in [0.2, 0.25) is 0 Å². The second-order valence-electron chi connectivity index (χ2n) is 7.96. The van der Waals surface area contributed by atoms with Gasteiger partial charge in [0.15, 0.2) is 0 Å². The summed E-state index contributed by atoms with van der Waals surface area (Å²) in [6, 6.07) is 9.84. The molecule has 1 amide bonds. The van der Waals surface area contributed by atoms with Crippen molar-refractivity contribution in [2.24, 2.45) is 5.73 Å². The van der Waals surface area contributed by atoms with E-state index in [1.54, 1.807) is 22.2 Å². The van der Waals surface area contributed by atoms with Gasteiger partial charge in [-0.1, -0.05) is 32.0 Å². The van der Waals surface area contributed by atoms with E-state index in [0.717, 1.165) is 48.9 Å². The molecule has 1 fully saturated rings. The predicted octanol–water partition coefficient (Wildman–Crippen LogP) is 3.93. The van der Waals surface area contributed by atoms with Crippen LogP contribution in [0.1, 0.15) is 64.5 Å². The zero-order chi connectivity index (χ0) is 20.4. The molecule has 2 aromatic heterocycles. The molecule has 0 saturated carbocycles. The molecule has 7 heteroatoms. The summed E-state index contributed by atoms with van der Waals surface area (Å²) in [7, 11) is 0. The van der Waals surface area contributed by atoms with Gasteiger partial charge in [-0.2, -0.15) is 5.10 Å². The Morgan fingerprint density at radius 3 is 2.79 bits per heavy atom. The Labute approximate surface area is 175 Å². The monoisotopic (exact) mass is 409 g/mol. The smallest absolute Gasteiger partial charge is 0.252 e. The maximum atomic E-state index is 12.1. The number of carbonyl (C=O) groups is 1. The number of amides is 1. The van der Waals surface area contributed by atoms with Gasteiger partial charge in [0.05, 0.1) is 23.5 Å². The zero-order valence-electron chi connectivity index (χ0n) is 16.9. The summed E-state index contributed by atoms with van der Waals surface area (Å²) >= 11 is 1.79. The summed E-state index contributed by atoms with van der Waals surface area (Å²) in [4.78, 5) is 20.4. The van der Waals surface area contributed by atoms with Crippen LogP contribution in [0.4, 0.5) is 0 Å². The third-order valence-corrected chi connectivity index (χ3v) is 6.70. The maximum absolute atomic E-state index is 12.1. The van der Waals surface area contributed by atoms with Crippen LogP contribution in [0.25, 0.3) is 5.69 Å². The van der Waals surface area contributed by atoms with Gasteiger partial charge in [-0.05, 0) is 37.4 Å². The Hall–Kier alpha value is -2.51. The predicted molar refractivity (Wildman–Crippen MR) is 116 cm³/mol. The van der Waals surface area contributed by atoms with Crippen molar-refractivity contribution in [3.8, 4) is 5.69 Å². The van der Waals surface area contributed by atoms with Crippen LogP contribution in [0, 0.1) is 0 Å². The Morgan fingerprint density at radius 2 is 2.10 bits per heavy atom. The number of nitrogens with zero attached hydrogens (tertiary/aromatic N) is 4. The third kappa shape index (κ3) is 4.41. The van der Waals surface area contributed by atoms with Crippen molar-refractivity contribution in [1.29, 1.82) is 0 Å². The second-order valence-corrected chi connectivity index (χ2v) is 9.10. The third-order valence-electron chi connectivity index (χ3n) is 5.42. The molecule has 1 aliphatic rings. The first-order valence-electron chi connectivity index (χ1n) is 10.1. The van der Waals surface area contributed by atoms with Crippen molar-refractivity contribution in [2.45, 2.75) is 45.1 Å². The fourth-order valence-corrected chi connectivity index (χ4v) is 4.84. The zero-order valence-corrected chi connectivity index (χ0v) is 17.7. The number of hydrogen-bond donors (Lipinski definition) is 1. The molecule has 3 aromatic rings. The highest BCUT2D eigenvalue weighted by molar-refractivity contribution is 7.11. The Bertz CT molecular complexity index is 978. The first-order valence-corrected chi connectivity index (χ1v) is 10.9. The molecule has 0 bridgehead atoms. The van der Waals surface area contributed by atoms with Crippen molar-refractivity contribution in [3.05, 3.63) is 63.9 Å². The first kappa shape index (κ1) is 19.8. The molecule has 0 aliphatic carbocycles.